The molecule has 0 fully saturated rings. The van der Waals surface area contributed by atoms with Crippen molar-refractivity contribution in [2.45, 2.75) is 44.6 Å². The van der Waals surface area contributed by atoms with Gasteiger partial charge in [0, 0.05) is 16.6 Å². The lowest BCUT2D eigenvalue weighted by Gasteiger charge is -2.14. The second kappa shape index (κ2) is 8.64. The topological polar surface area (TPSA) is 59.8 Å². The van der Waals surface area contributed by atoms with Gasteiger partial charge in [0.05, 0.1) is 22.8 Å². The SMILES string of the molecule is O=C(Nc1cc(C(F)(F)F)ccc1Cl)c1csc(Cn2nc(C(F)(F)F)c3c2CCCC3)n1. The summed E-state index contributed by atoms with van der Waals surface area (Å²) in [6, 6.07) is 2.52. The average molecular weight is 509 g/mol. The summed E-state index contributed by atoms with van der Waals surface area (Å²) in [7, 11) is 0. The van der Waals surface area contributed by atoms with Gasteiger partial charge in [-0.2, -0.15) is 31.4 Å². The molecule has 33 heavy (non-hydrogen) atoms. The van der Waals surface area contributed by atoms with Crippen LogP contribution >= 0.6 is 22.9 Å². The molecule has 2 aromatic heterocycles. The van der Waals surface area contributed by atoms with Crippen LogP contribution in [0.15, 0.2) is 23.6 Å². The molecule has 0 saturated carbocycles. The van der Waals surface area contributed by atoms with Crippen molar-refractivity contribution in [1.29, 1.82) is 0 Å². The van der Waals surface area contributed by atoms with Gasteiger partial charge in [-0.05, 0) is 43.9 Å². The normalized spacial score (nSPS) is 14.3. The third kappa shape index (κ3) is 5.01. The summed E-state index contributed by atoms with van der Waals surface area (Å²) in [5, 5.41) is 7.66. The van der Waals surface area contributed by atoms with E-state index in [4.69, 9.17) is 11.6 Å². The number of hydrogen-bond acceptors (Lipinski definition) is 4. The third-order valence-corrected chi connectivity index (χ3v) is 6.30. The summed E-state index contributed by atoms with van der Waals surface area (Å²) in [6.07, 6.45) is -7.01. The van der Waals surface area contributed by atoms with E-state index in [-0.39, 0.29) is 28.5 Å². The minimum Gasteiger partial charge on any atom is -0.319 e. The maximum atomic E-state index is 13.4. The summed E-state index contributed by atoms with van der Waals surface area (Å²) in [4.78, 5) is 16.6. The first-order valence-corrected chi connectivity index (χ1v) is 11.0. The van der Waals surface area contributed by atoms with E-state index >= 15 is 0 Å². The van der Waals surface area contributed by atoms with Gasteiger partial charge in [-0.1, -0.05) is 11.6 Å². The van der Waals surface area contributed by atoms with Gasteiger partial charge < -0.3 is 5.32 Å². The van der Waals surface area contributed by atoms with E-state index in [1.807, 2.05) is 0 Å². The van der Waals surface area contributed by atoms with E-state index in [0.29, 0.717) is 36.0 Å². The van der Waals surface area contributed by atoms with Crippen molar-refractivity contribution in [3.63, 3.8) is 0 Å². The lowest BCUT2D eigenvalue weighted by atomic mass is 9.95. The van der Waals surface area contributed by atoms with E-state index in [2.05, 4.69) is 15.4 Å². The Balaban J connectivity index is 1.54. The quantitative estimate of drug-likeness (QED) is 0.426. The number of amides is 1. The fourth-order valence-corrected chi connectivity index (χ4v) is 4.55. The van der Waals surface area contributed by atoms with Crippen LogP contribution < -0.4 is 5.32 Å². The lowest BCUT2D eigenvalue weighted by molar-refractivity contribution is -0.142. The van der Waals surface area contributed by atoms with Crippen LogP contribution in [0.3, 0.4) is 0 Å². The standard InChI is InChI=1S/C20H15ClF6N4OS/c21-12-6-5-10(19(22,23)24)7-13(12)29-18(32)14-9-33-16(28-14)8-31-15-4-2-1-3-11(15)17(30-31)20(25,26)27/h5-7,9H,1-4,8H2,(H,29,32). The van der Waals surface area contributed by atoms with Gasteiger partial charge in [0.25, 0.3) is 5.91 Å². The molecular formula is C20H15ClF6N4OS. The highest BCUT2D eigenvalue weighted by Crippen LogP contribution is 2.36. The Morgan fingerprint density at radius 1 is 1.12 bits per heavy atom. The van der Waals surface area contributed by atoms with Crippen molar-refractivity contribution >= 4 is 34.5 Å². The summed E-state index contributed by atoms with van der Waals surface area (Å²) in [5.74, 6) is -0.794. The zero-order valence-corrected chi connectivity index (χ0v) is 18.2. The van der Waals surface area contributed by atoms with E-state index in [9.17, 15) is 31.1 Å². The number of carbonyl (C=O) groups excluding carboxylic acids is 1. The summed E-state index contributed by atoms with van der Waals surface area (Å²) in [6.45, 7) is -0.0549. The molecule has 0 atom stereocenters. The highest BCUT2D eigenvalue weighted by atomic mass is 35.5. The Morgan fingerprint density at radius 3 is 2.55 bits per heavy atom. The van der Waals surface area contributed by atoms with Gasteiger partial charge in [0.2, 0.25) is 0 Å². The van der Waals surface area contributed by atoms with Gasteiger partial charge in [-0.15, -0.1) is 11.3 Å². The van der Waals surface area contributed by atoms with E-state index in [1.54, 1.807) is 0 Å². The van der Waals surface area contributed by atoms with Crippen LogP contribution in [0.4, 0.5) is 32.0 Å². The van der Waals surface area contributed by atoms with Crippen LogP contribution in [0, 0.1) is 0 Å². The van der Waals surface area contributed by atoms with Gasteiger partial charge in [0.1, 0.15) is 10.7 Å². The molecule has 0 saturated heterocycles. The average Bonchev–Trinajstić information content (AvgIpc) is 3.34. The molecule has 0 aliphatic heterocycles. The molecule has 1 N–H and O–H groups in total. The number of thiazole rings is 1. The van der Waals surface area contributed by atoms with Crippen molar-refractivity contribution < 1.29 is 31.1 Å². The first-order chi connectivity index (χ1) is 15.4. The number of aromatic nitrogens is 3. The molecule has 0 spiro atoms. The Morgan fingerprint density at radius 2 is 1.85 bits per heavy atom. The minimum absolute atomic E-state index is 0.0549. The van der Waals surface area contributed by atoms with E-state index in [1.165, 1.54) is 10.1 Å². The predicted molar refractivity (Wildman–Crippen MR) is 109 cm³/mol. The number of carbonyl (C=O) groups is 1. The summed E-state index contributed by atoms with van der Waals surface area (Å²) >= 11 is 6.93. The molecule has 1 aliphatic rings. The molecule has 1 amide bonds. The minimum atomic E-state index is -4.62. The predicted octanol–water partition coefficient (Wildman–Crippen LogP) is 6.21. The number of hydrogen-bond donors (Lipinski definition) is 1. The molecule has 1 aliphatic carbocycles. The van der Waals surface area contributed by atoms with Gasteiger partial charge in [-0.3, -0.25) is 9.48 Å². The molecule has 1 aromatic carbocycles. The molecule has 3 aromatic rings. The molecule has 0 unspecified atom stereocenters. The monoisotopic (exact) mass is 508 g/mol. The second-order valence-corrected chi connectivity index (χ2v) is 8.76. The smallest absolute Gasteiger partial charge is 0.319 e. The summed E-state index contributed by atoms with van der Waals surface area (Å²) in [5.41, 5.74) is -1.51. The highest BCUT2D eigenvalue weighted by molar-refractivity contribution is 7.09. The Hall–Kier alpha value is -2.60. The summed E-state index contributed by atoms with van der Waals surface area (Å²) < 4.78 is 80.1. The maximum Gasteiger partial charge on any atom is 0.435 e. The number of halogens is 7. The van der Waals surface area contributed by atoms with Crippen LogP contribution in [0.2, 0.25) is 5.02 Å². The Bertz CT molecular complexity index is 1200. The molecule has 176 valence electrons. The van der Waals surface area contributed by atoms with Crippen molar-refractivity contribution in [2.75, 3.05) is 5.32 Å². The van der Waals surface area contributed by atoms with Gasteiger partial charge >= 0.3 is 12.4 Å². The number of nitrogens with zero attached hydrogens (tertiary/aromatic N) is 3. The number of fused-ring (bicyclic) bond motifs is 1. The zero-order valence-electron chi connectivity index (χ0n) is 16.6. The first-order valence-electron chi connectivity index (χ1n) is 9.71. The maximum absolute atomic E-state index is 13.4. The van der Waals surface area contributed by atoms with Crippen LogP contribution in [-0.2, 0) is 31.7 Å². The van der Waals surface area contributed by atoms with Crippen LogP contribution in [0.25, 0.3) is 0 Å². The fourth-order valence-electron chi connectivity index (χ4n) is 3.63. The highest BCUT2D eigenvalue weighted by Gasteiger charge is 2.39. The lowest BCUT2D eigenvalue weighted by Crippen LogP contribution is -2.15. The Labute approximate surface area is 192 Å². The molecule has 0 bridgehead atoms. The molecule has 0 radical (unpaired) electrons. The van der Waals surface area contributed by atoms with Crippen LogP contribution in [-0.4, -0.2) is 20.7 Å². The second-order valence-electron chi connectivity index (χ2n) is 7.41. The molecule has 5 nitrogen and oxygen atoms in total. The van der Waals surface area contributed by atoms with Crippen LogP contribution in [0.5, 0.6) is 0 Å². The molecule has 2 heterocycles. The number of benzene rings is 1. The number of rotatable bonds is 4. The van der Waals surface area contributed by atoms with Crippen LogP contribution in [0.1, 0.15) is 50.9 Å². The number of alkyl halides is 6. The zero-order chi connectivity index (χ0) is 24.0. The largest absolute Gasteiger partial charge is 0.435 e. The fraction of sp³-hybridized carbons (Fsp3) is 0.350. The van der Waals surface area contributed by atoms with E-state index < -0.39 is 29.5 Å². The molecule has 4 rings (SSSR count). The van der Waals surface area contributed by atoms with Crippen molar-refractivity contribution in [1.82, 2.24) is 14.8 Å². The molecular weight excluding hydrogens is 494 g/mol. The van der Waals surface area contributed by atoms with Crippen molar-refractivity contribution in [3.05, 3.63) is 61.8 Å². The Kier molecular flexibility index (Phi) is 6.16. The van der Waals surface area contributed by atoms with Crippen molar-refractivity contribution in [2.24, 2.45) is 0 Å². The first kappa shape index (κ1) is 23.6. The molecule has 13 heteroatoms. The number of nitrogens with one attached hydrogen (secondary N) is 1. The van der Waals surface area contributed by atoms with Gasteiger partial charge in [-0.25, -0.2) is 4.98 Å². The third-order valence-electron chi connectivity index (χ3n) is 5.14. The van der Waals surface area contributed by atoms with Gasteiger partial charge in [0.15, 0.2) is 5.69 Å². The van der Waals surface area contributed by atoms with Crippen molar-refractivity contribution in [3.8, 4) is 0 Å². The number of anilines is 1. The van der Waals surface area contributed by atoms with E-state index in [0.717, 1.165) is 29.9 Å².